The first-order chi connectivity index (χ1) is 9.67. The molecule has 0 bridgehead atoms. The lowest BCUT2D eigenvalue weighted by molar-refractivity contribution is 0.112. The summed E-state index contributed by atoms with van der Waals surface area (Å²) in [6.07, 6.45) is 0.760. The minimum atomic E-state index is 0.472. The normalized spacial score (nSPS) is 9.65. The molecule has 2 aromatic rings. The fourth-order valence-electron chi connectivity index (χ4n) is 1.62. The van der Waals surface area contributed by atoms with Crippen LogP contribution in [-0.4, -0.2) is 13.4 Å². The predicted molar refractivity (Wildman–Crippen MR) is 77.3 cm³/mol. The second kappa shape index (κ2) is 6.22. The van der Waals surface area contributed by atoms with Crippen LogP contribution in [0.5, 0.6) is 17.2 Å². The van der Waals surface area contributed by atoms with Gasteiger partial charge in [0.25, 0.3) is 0 Å². The highest BCUT2D eigenvalue weighted by Crippen LogP contribution is 2.33. The van der Waals surface area contributed by atoms with Crippen LogP contribution in [0.1, 0.15) is 15.9 Å². The number of ether oxygens (including phenoxy) is 2. The van der Waals surface area contributed by atoms with E-state index in [9.17, 15) is 4.79 Å². The van der Waals surface area contributed by atoms with Gasteiger partial charge < -0.3 is 9.47 Å². The third-order valence-corrected chi connectivity index (χ3v) is 3.31. The highest BCUT2D eigenvalue weighted by molar-refractivity contribution is 9.10. The Morgan fingerprint density at radius 3 is 2.60 bits per heavy atom. The number of benzene rings is 2. The lowest BCUT2D eigenvalue weighted by Gasteiger charge is -2.11. The minimum Gasteiger partial charge on any atom is -0.493 e. The molecule has 0 aliphatic carbocycles. The van der Waals surface area contributed by atoms with Crippen molar-refractivity contribution in [2.45, 2.75) is 0 Å². The van der Waals surface area contributed by atoms with Gasteiger partial charge in [0.1, 0.15) is 5.75 Å². The molecule has 0 fully saturated rings. The van der Waals surface area contributed by atoms with Gasteiger partial charge in [-0.05, 0) is 46.3 Å². The van der Waals surface area contributed by atoms with E-state index in [1.54, 1.807) is 36.4 Å². The number of aldehydes is 1. The zero-order valence-corrected chi connectivity index (χ0v) is 12.2. The summed E-state index contributed by atoms with van der Waals surface area (Å²) in [5.41, 5.74) is 1.04. The number of nitrogens with zero attached hydrogens (tertiary/aromatic N) is 1. The summed E-state index contributed by atoms with van der Waals surface area (Å²) in [7, 11) is 1.51. The fraction of sp³-hybridized carbons (Fsp3) is 0.0667. The van der Waals surface area contributed by atoms with Crippen LogP contribution in [0.4, 0.5) is 0 Å². The average Bonchev–Trinajstić information content (AvgIpc) is 2.48. The first-order valence-electron chi connectivity index (χ1n) is 5.68. The van der Waals surface area contributed by atoms with Gasteiger partial charge >= 0.3 is 0 Å². The first kappa shape index (κ1) is 14.1. The highest BCUT2D eigenvalue weighted by atomic mass is 79.9. The van der Waals surface area contributed by atoms with Gasteiger partial charge in [-0.25, -0.2) is 0 Å². The number of nitriles is 1. The standard InChI is InChI=1S/C15H10BrNO3/c1-19-15-6-10(8-17)2-5-14(15)20-12-4-3-11(9-18)13(16)7-12/h2-7,9H,1H3. The van der Waals surface area contributed by atoms with Gasteiger partial charge in [-0.3, -0.25) is 4.79 Å². The monoisotopic (exact) mass is 331 g/mol. The van der Waals surface area contributed by atoms with Gasteiger partial charge in [-0.1, -0.05) is 0 Å². The molecule has 0 saturated carbocycles. The molecular formula is C15H10BrNO3. The van der Waals surface area contributed by atoms with Gasteiger partial charge in [-0.15, -0.1) is 0 Å². The third kappa shape index (κ3) is 2.98. The van der Waals surface area contributed by atoms with Crippen LogP contribution in [-0.2, 0) is 0 Å². The molecule has 0 spiro atoms. The summed E-state index contributed by atoms with van der Waals surface area (Å²) in [6, 6.07) is 12.0. The van der Waals surface area contributed by atoms with Crippen molar-refractivity contribution < 1.29 is 14.3 Å². The van der Waals surface area contributed by atoms with Gasteiger partial charge in [-0.2, -0.15) is 5.26 Å². The molecule has 0 aliphatic heterocycles. The lowest BCUT2D eigenvalue weighted by atomic mass is 10.2. The number of rotatable bonds is 4. The van der Waals surface area contributed by atoms with E-state index in [-0.39, 0.29) is 0 Å². The van der Waals surface area contributed by atoms with E-state index in [0.29, 0.717) is 32.8 Å². The molecule has 0 heterocycles. The summed E-state index contributed by atoms with van der Waals surface area (Å²) in [5, 5.41) is 8.85. The molecule has 4 nitrogen and oxygen atoms in total. The summed E-state index contributed by atoms with van der Waals surface area (Å²) >= 11 is 3.29. The number of carbonyl (C=O) groups excluding carboxylic acids is 1. The van der Waals surface area contributed by atoms with Crippen LogP contribution >= 0.6 is 15.9 Å². The Morgan fingerprint density at radius 1 is 1.20 bits per heavy atom. The molecule has 0 saturated heterocycles. The number of carbonyl (C=O) groups is 1. The van der Waals surface area contributed by atoms with Crippen molar-refractivity contribution >= 4 is 22.2 Å². The SMILES string of the molecule is COc1cc(C#N)ccc1Oc1ccc(C=O)c(Br)c1. The fourth-order valence-corrected chi connectivity index (χ4v) is 2.07. The van der Waals surface area contributed by atoms with Crippen LogP contribution < -0.4 is 9.47 Å². The van der Waals surface area contributed by atoms with Gasteiger partial charge in [0.15, 0.2) is 17.8 Å². The van der Waals surface area contributed by atoms with Crippen LogP contribution in [0.3, 0.4) is 0 Å². The molecule has 2 rings (SSSR count). The van der Waals surface area contributed by atoms with E-state index in [2.05, 4.69) is 15.9 Å². The van der Waals surface area contributed by atoms with E-state index in [1.165, 1.54) is 7.11 Å². The number of halogens is 1. The van der Waals surface area contributed by atoms with Gasteiger partial charge in [0.2, 0.25) is 0 Å². The lowest BCUT2D eigenvalue weighted by Crippen LogP contribution is -1.92. The number of hydrogen-bond donors (Lipinski definition) is 0. The molecule has 5 heteroatoms. The van der Waals surface area contributed by atoms with Crippen molar-refractivity contribution in [2.75, 3.05) is 7.11 Å². The molecular weight excluding hydrogens is 322 g/mol. The number of methoxy groups -OCH3 is 1. The van der Waals surface area contributed by atoms with Crippen molar-refractivity contribution in [3.8, 4) is 23.3 Å². The van der Waals surface area contributed by atoms with E-state index in [4.69, 9.17) is 14.7 Å². The quantitative estimate of drug-likeness (QED) is 0.796. The molecule has 2 aromatic carbocycles. The maximum atomic E-state index is 10.7. The Morgan fingerprint density at radius 2 is 2.00 bits per heavy atom. The maximum Gasteiger partial charge on any atom is 0.169 e. The second-order valence-electron chi connectivity index (χ2n) is 3.88. The van der Waals surface area contributed by atoms with Gasteiger partial charge in [0, 0.05) is 16.1 Å². The van der Waals surface area contributed by atoms with E-state index < -0.39 is 0 Å². The Balaban J connectivity index is 2.32. The van der Waals surface area contributed by atoms with Crippen molar-refractivity contribution in [1.29, 1.82) is 5.26 Å². The molecule has 0 amide bonds. The molecule has 0 radical (unpaired) electrons. The Hall–Kier alpha value is -2.32. The van der Waals surface area contributed by atoms with Crippen molar-refractivity contribution in [2.24, 2.45) is 0 Å². The smallest absolute Gasteiger partial charge is 0.169 e. The van der Waals surface area contributed by atoms with Crippen LogP contribution in [0, 0.1) is 11.3 Å². The summed E-state index contributed by atoms with van der Waals surface area (Å²) < 4.78 is 11.5. The Labute approximate surface area is 124 Å². The van der Waals surface area contributed by atoms with Crippen molar-refractivity contribution in [3.05, 3.63) is 52.0 Å². The van der Waals surface area contributed by atoms with E-state index in [1.807, 2.05) is 6.07 Å². The second-order valence-corrected chi connectivity index (χ2v) is 4.74. The molecule has 0 aliphatic rings. The maximum absolute atomic E-state index is 10.7. The van der Waals surface area contributed by atoms with E-state index >= 15 is 0 Å². The zero-order chi connectivity index (χ0) is 14.5. The zero-order valence-electron chi connectivity index (χ0n) is 10.6. The molecule has 0 atom stereocenters. The third-order valence-electron chi connectivity index (χ3n) is 2.62. The van der Waals surface area contributed by atoms with Crippen molar-refractivity contribution in [1.82, 2.24) is 0 Å². The largest absolute Gasteiger partial charge is 0.493 e. The summed E-state index contributed by atoms with van der Waals surface area (Å²) in [6.45, 7) is 0. The molecule has 0 N–H and O–H groups in total. The Bertz CT molecular complexity index is 692. The van der Waals surface area contributed by atoms with Crippen LogP contribution in [0.25, 0.3) is 0 Å². The van der Waals surface area contributed by atoms with Crippen LogP contribution in [0.2, 0.25) is 0 Å². The van der Waals surface area contributed by atoms with E-state index in [0.717, 1.165) is 6.29 Å². The molecule has 20 heavy (non-hydrogen) atoms. The van der Waals surface area contributed by atoms with Crippen LogP contribution in [0.15, 0.2) is 40.9 Å². The summed E-state index contributed by atoms with van der Waals surface area (Å²) in [4.78, 5) is 10.7. The molecule has 100 valence electrons. The van der Waals surface area contributed by atoms with Gasteiger partial charge in [0.05, 0.1) is 18.7 Å². The summed E-state index contributed by atoms with van der Waals surface area (Å²) in [5.74, 6) is 1.53. The minimum absolute atomic E-state index is 0.472. The average molecular weight is 332 g/mol. The Kier molecular flexibility index (Phi) is 4.38. The first-order valence-corrected chi connectivity index (χ1v) is 6.48. The molecule has 0 aromatic heterocycles. The molecule has 0 unspecified atom stereocenters. The highest BCUT2D eigenvalue weighted by Gasteiger charge is 2.08. The topological polar surface area (TPSA) is 59.3 Å². The van der Waals surface area contributed by atoms with Crippen molar-refractivity contribution in [3.63, 3.8) is 0 Å². The predicted octanol–water partition coefficient (Wildman–Crippen LogP) is 3.93. The number of hydrogen-bond acceptors (Lipinski definition) is 4.